The fourth-order valence-corrected chi connectivity index (χ4v) is 3.16. The highest BCUT2D eigenvalue weighted by Gasteiger charge is 2.28. The van der Waals surface area contributed by atoms with Gasteiger partial charge in [-0.2, -0.15) is 0 Å². The van der Waals surface area contributed by atoms with E-state index in [4.69, 9.17) is 5.73 Å². The molecule has 0 bridgehead atoms. The van der Waals surface area contributed by atoms with E-state index in [0.29, 0.717) is 6.54 Å². The number of hydrogen-bond acceptors (Lipinski definition) is 3. The molecule has 0 saturated carbocycles. The molecular formula is C19H31N3O. The SMILES string of the molecule is CCC(N)(CC)CNC(=O)C1CCCN(Cc2ccccc2)C1. The van der Waals surface area contributed by atoms with Gasteiger partial charge < -0.3 is 11.1 Å². The molecule has 0 aromatic heterocycles. The second-order valence-electron chi connectivity index (χ2n) is 6.85. The number of carbonyl (C=O) groups is 1. The number of nitrogens with one attached hydrogen (secondary N) is 1. The van der Waals surface area contributed by atoms with Crippen LogP contribution in [-0.4, -0.2) is 36.0 Å². The van der Waals surface area contributed by atoms with E-state index in [1.54, 1.807) is 0 Å². The molecular weight excluding hydrogens is 286 g/mol. The number of carbonyl (C=O) groups excluding carboxylic acids is 1. The van der Waals surface area contributed by atoms with E-state index >= 15 is 0 Å². The van der Waals surface area contributed by atoms with Crippen LogP contribution in [0.15, 0.2) is 30.3 Å². The summed E-state index contributed by atoms with van der Waals surface area (Å²) in [5, 5.41) is 3.09. The van der Waals surface area contributed by atoms with Gasteiger partial charge in [-0.25, -0.2) is 0 Å². The van der Waals surface area contributed by atoms with E-state index in [2.05, 4.69) is 48.3 Å². The Hall–Kier alpha value is -1.39. The average molecular weight is 317 g/mol. The van der Waals surface area contributed by atoms with Crippen LogP contribution in [0, 0.1) is 5.92 Å². The van der Waals surface area contributed by atoms with Gasteiger partial charge in [-0.15, -0.1) is 0 Å². The third kappa shape index (κ3) is 5.33. The van der Waals surface area contributed by atoms with Gasteiger partial charge in [0.15, 0.2) is 0 Å². The van der Waals surface area contributed by atoms with E-state index in [9.17, 15) is 4.79 Å². The third-order valence-corrected chi connectivity index (χ3v) is 5.15. The van der Waals surface area contributed by atoms with Gasteiger partial charge in [0.2, 0.25) is 5.91 Å². The summed E-state index contributed by atoms with van der Waals surface area (Å²) < 4.78 is 0. The molecule has 128 valence electrons. The van der Waals surface area contributed by atoms with Crippen LogP contribution in [0.4, 0.5) is 0 Å². The first-order valence-electron chi connectivity index (χ1n) is 8.89. The van der Waals surface area contributed by atoms with Crippen molar-refractivity contribution in [2.45, 2.75) is 51.6 Å². The van der Waals surface area contributed by atoms with Gasteiger partial charge in [0.1, 0.15) is 0 Å². The first kappa shape index (κ1) is 18.0. The van der Waals surface area contributed by atoms with E-state index in [-0.39, 0.29) is 17.4 Å². The molecule has 1 aliphatic rings. The maximum absolute atomic E-state index is 12.5. The van der Waals surface area contributed by atoms with Crippen LogP contribution in [0.3, 0.4) is 0 Å². The van der Waals surface area contributed by atoms with Gasteiger partial charge in [0, 0.05) is 25.2 Å². The molecule has 1 amide bonds. The van der Waals surface area contributed by atoms with Crippen LogP contribution in [0.1, 0.15) is 45.1 Å². The van der Waals surface area contributed by atoms with Crippen molar-refractivity contribution >= 4 is 5.91 Å². The summed E-state index contributed by atoms with van der Waals surface area (Å²) in [7, 11) is 0. The maximum Gasteiger partial charge on any atom is 0.224 e. The van der Waals surface area contributed by atoms with E-state index < -0.39 is 0 Å². The average Bonchev–Trinajstić information content (AvgIpc) is 2.60. The minimum absolute atomic E-state index is 0.0884. The van der Waals surface area contributed by atoms with Crippen LogP contribution in [0.5, 0.6) is 0 Å². The molecule has 2 rings (SSSR count). The Morgan fingerprint density at radius 3 is 2.65 bits per heavy atom. The number of benzene rings is 1. The molecule has 1 heterocycles. The number of amides is 1. The topological polar surface area (TPSA) is 58.4 Å². The number of nitrogens with two attached hydrogens (primary N) is 1. The lowest BCUT2D eigenvalue weighted by Gasteiger charge is -2.33. The lowest BCUT2D eigenvalue weighted by atomic mass is 9.93. The van der Waals surface area contributed by atoms with Crippen LogP contribution < -0.4 is 11.1 Å². The smallest absolute Gasteiger partial charge is 0.224 e. The zero-order valence-corrected chi connectivity index (χ0v) is 14.6. The minimum atomic E-state index is -0.270. The van der Waals surface area contributed by atoms with Crippen molar-refractivity contribution in [1.82, 2.24) is 10.2 Å². The maximum atomic E-state index is 12.5. The van der Waals surface area contributed by atoms with E-state index in [1.165, 1.54) is 5.56 Å². The molecule has 0 spiro atoms. The molecule has 0 radical (unpaired) electrons. The van der Waals surface area contributed by atoms with Crippen molar-refractivity contribution in [3.63, 3.8) is 0 Å². The van der Waals surface area contributed by atoms with Crippen LogP contribution >= 0.6 is 0 Å². The number of rotatable bonds is 7. The molecule has 0 aliphatic carbocycles. The van der Waals surface area contributed by atoms with Crippen molar-refractivity contribution < 1.29 is 4.79 Å². The Morgan fingerprint density at radius 1 is 1.30 bits per heavy atom. The van der Waals surface area contributed by atoms with Crippen LogP contribution in [0.25, 0.3) is 0 Å². The highest BCUT2D eigenvalue weighted by Crippen LogP contribution is 2.19. The summed E-state index contributed by atoms with van der Waals surface area (Å²) in [6.07, 6.45) is 3.83. The number of nitrogens with zero attached hydrogens (tertiary/aromatic N) is 1. The van der Waals surface area contributed by atoms with E-state index in [0.717, 1.165) is 45.3 Å². The second-order valence-corrected chi connectivity index (χ2v) is 6.85. The highest BCUT2D eigenvalue weighted by atomic mass is 16.1. The third-order valence-electron chi connectivity index (χ3n) is 5.15. The second kappa shape index (κ2) is 8.46. The Kier molecular flexibility index (Phi) is 6.60. The zero-order valence-electron chi connectivity index (χ0n) is 14.6. The summed E-state index contributed by atoms with van der Waals surface area (Å²) in [5.41, 5.74) is 7.32. The van der Waals surface area contributed by atoms with Crippen molar-refractivity contribution in [3.8, 4) is 0 Å². The summed E-state index contributed by atoms with van der Waals surface area (Å²) in [6, 6.07) is 10.5. The molecule has 23 heavy (non-hydrogen) atoms. The Labute approximate surface area is 140 Å². The molecule has 3 N–H and O–H groups in total. The van der Waals surface area contributed by atoms with Crippen molar-refractivity contribution in [2.24, 2.45) is 11.7 Å². The predicted molar refractivity (Wildman–Crippen MR) is 95.0 cm³/mol. The molecule has 1 atom stereocenters. The van der Waals surface area contributed by atoms with Crippen molar-refractivity contribution in [3.05, 3.63) is 35.9 Å². The fraction of sp³-hybridized carbons (Fsp3) is 0.632. The van der Waals surface area contributed by atoms with Gasteiger partial charge >= 0.3 is 0 Å². The molecule has 1 fully saturated rings. The fourth-order valence-electron chi connectivity index (χ4n) is 3.16. The minimum Gasteiger partial charge on any atom is -0.354 e. The molecule has 1 aliphatic heterocycles. The Morgan fingerprint density at radius 2 is 2.00 bits per heavy atom. The van der Waals surface area contributed by atoms with Crippen molar-refractivity contribution in [2.75, 3.05) is 19.6 Å². The molecule has 1 aromatic carbocycles. The molecule has 1 unspecified atom stereocenters. The van der Waals surface area contributed by atoms with Gasteiger partial charge in [0.05, 0.1) is 5.92 Å². The Balaban J connectivity index is 1.84. The normalized spacial score (nSPS) is 19.5. The summed E-state index contributed by atoms with van der Waals surface area (Å²) in [5.74, 6) is 0.255. The standard InChI is InChI=1S/C19H31N3O/c1-3-19(20,4-2)15-21-18(23)17-11-8-12-22(14-17)13-16-9-6-5-7-10-16/h5-7,9-10,17H,3-4,8,11-15,20H2,1-2H3,(H,21,23). The van der Waals surface area contributed by atoms with Gasteiger partial charge in [-0.3, -0.25) is 9.69 Å². The highest BCUT2D eigenvalue weighted by molar-refractivity contribution is 5.79. The van der Waals surface area contributed by atoms with Gasteiger partial charge in [-0.05, 0) is 37.8 Å². The monoisotopic (exact) mass is 317 g/mol. The summed E-state index contributed by atoms with van der Waals surface area (Å²) >= 11 is 0. The van der Waals surface area contributed by atoms with E-state index in [1.807, 2.05) is 6.07 Å². The van der Waals surface area contributed by atoms with Gasteiger partial charge in [0.25, 0.3) is 0 Å². The zero-order chi connectivity index (χ0) is 16.7. The predicted octanol–water partition coefficient (Wildman–Crippen LogP) is 2.53. The molecule has 4 heteroatoms. The van der Waals surface area contributed by atoms with Crippen LogP contribution in [0.2, 0.25) is 0 Å². The Bertz CT molecular complexity index is 485. The van der Waals surface area contributed by atoms with Crippen molar-refractivity contribution in [1.29, 1.82) is 0 Å². The first-order chi connectivity index (χ1) is 11.1. The number of likely N-dealkylation sites (tertiary alicyclic amines) is 1. The number of hydrogen-bond donors (Lipinski definition) is 2. The first-order valence-corrected chi connectivity index (χ1v) is 8.89. The lowest BCUT2D eigenvalue weighted by Crippen LogP contribution is -2.51. The lowest BCUT2D eigenvalue weighted by molar-refractivity contribution is -0.127. The summed E-state index contributed by atoms with van der Waals surface area (Å²) in [6.45, 7) is 7.58. The van der Waals surface area contributed by atoms with Crippen LogP contribution in [-0.2, 0) is 11.3 Å². The molecule has 1 saturated heterocycles. The van der Waals surface area contributed by atoms with Gasteiger partial charge in [-0.1, -0.05) is 44.2 Å². The summed E-state index contributed by atoms with van der Waals surface area (Å²) in [4.78, 5) is 14.9. The molecule has 4 nitrogen and oxygen atoms in total. The quantitative estimate of drug-likeness (QED) is 0.812. The molecule has 1 aromatic rings. The number of piperidine rings is 1. The largest absolute Gasteiger partial charge is 0.354 e.